The van der Waals surface area contributed by atoms with Crippen molar-refractivity contribution < 1.29 is 4.74 Å². The van der Waals surface area contributed by atoms with E-state index < -0.39 is 0 Å². The number of aromatic nitrogens is 1. The van der Waals surface area contributed by atoms with E-state index in [9.17, 15) is 0 Å². The Kier molecular flexibility index (Phi) is 7.28. The quantitative estimate of drug-likeness (QED) is 0.283. The summed E-state index contributed by atoms with van der Waals surface area (Å²) < 4.78 is 5.64. The van der Waals surface area contributed by atoms with E-state index in [2.05, 4.69) is 102 Å². The zero-order valence-corrected chi connectivity index (χ0v) is 18.3. The minimum Gasteiger partial charge on any atom is -0.496 e. The molecule has 2 heteroatoms. The van der Waals surface area contributed by atoms with Gasteiger partial charge < -0.3 is 4.74 Å². The van der Waals surface area contributed by atoms with Gasteiger partial charge in [0.15, 0.2) is 0 Å². The number of hydrogen-bond donors (Lipinski definition) is 0. The van der Waals surface area contributed by atoms with Crippen LogP contribution in [0, 0.1) is 0 Å². The van der Waals surface area contributed by atoms with Gasteiger partial charge in [-0.1, -0.05) is 91.0 Å². The lowest BCUT2D eigenvalue weighted by molar-refractivity contribution is 0.413. The molecule has 4 rings (SSSR count). The number of nitrogens with zero attached hydrogens (tertiary/aromatic N) is 1. The van der Waals surface area contributed by atoms with Gasteiger partial charge in [-0.05, 0) is 52.9 Å². The summed E-state index contributed by atoms with van der Waals surface area (Å²) >= 11 is 0. The van der Waals surface area contributed by atoms with Crippen LogP contribution in [0.3, 0.4) is 0 Å². The molecule has 158 valence electrons. The molecule has 0 spiro atoms. The minimum absolute atomic E-state index is 0.247. The lowest BCUT2D eigenvalue weighted by Crippen LogP contribution is -2.06. The molecule has 0 fully saturated rings. The van der Waals surface area contributed by atoms with Gasteiger partial charge in [0.05, 0.1) is 7.11 Å². The van der Waals surface area contributed by atoms with Crippen molar-refractivity contribution in [2.75, 3.05) is 7.11 Å². The van der Waals surface area contributed by atoms with Crippen LogP contribution in [0.5, 0.6) is 5.75 Å². The first-order chi connectivity index (χ1) is 15.8. The predicted octanol–water partition coefficient (Wildman–Crippen LogP) is 7.19. The molecule has 0 aliphatic heterocycles. The van der Waals surface area contributed by atoms with Gasteiger partial charge in [0.2, 0.25) is 0 Å². The molecule has 2 nitrogen and oxygen atoms in total. The maximum atomic E-state index is 5.64. The highest BCUT2D eigenvalue weighted by Crippen LogP contribution is 2.32. The van der Waals surface area contributed by atoms with Gasteiger partial charge >= 0.3 is 0 Å². The second kappa shape index (κ2) is 10.9. The molecule has 0 N–H and O–H groups in total. The van der Waals surface area contributed by atoms with E-state index in [0.29, 0.717) is 0 Å². The fourth-order valence-corrected chi connectivity index (χ4v) is 3.86. The van der Waals surface area contributed by atoms with Crippen LogP contribution in [-0.2, 0) is 6.42 Å². The van der Waals surface area contributed by atoms with E-state index in [1.54, 1.807) is 7.11 Å². The van der Waals surface area contributed by atoms with E-state index in [-0.39, 0.29) is 5.92 Å². The summed E-state index contributed by atoms with van der Waals surface area (Å²) in [6, 6.07) is 31.6. The molecule has 1 heterocycles. The minimum atomic E-state index is 0.247. The van der Waals surface area contributed by atoms with E-state index in [4.69, 9.17) is 4.74 Å². The lowest BCUT2D eigenvalue weighted by Gasteiger charge is -2.20. The maximum Gasteiger partial charge on any atom is 0.126 e. The zero-order valence-electron chi connectivity index (χ0n) is 18.3. The van der Waals surface area contributed by atoms with Crippen LogP contribution in [-0.4, -0.2) is 12.1 Å². The summed E-state index contributed by atoms with van der Waals surface area (Å²) in [5.74, 6) is 1.12. The third-order valence-electron chi connectivity index (χ3n) is 5.52. The van der Waals surface area contributed by atoms with Crippen molar-refractivity contribution in [3.63, 3.8) is 0 Å². The third-order valence-corrected chi connectivity index (χ3v) is 5.52. The molecule has 0 bridgehead atoms. The average Bonchev–Trinajstić information content (AvgIpc) is 2.87. The van der Waals surface area contributed by atoms with Crippen molar-refractivity contribution in [2.45, 2.75) is 12.3 Å². The molecule has 0 radical (unpaired) electrons. The second-order valence-electron chi connectivity index (χ2n) is 7.65. The molecule has 1 atom stereocenters. The molecular formula is C30H27NO. The van der Waals surface area contributed by atoms with Gasteiger partial charge in [-0.25, -0.2) is 0 Å². The number of benzene rings is 3. The third kappa shape index (κ3) is 5.61. The molecule has 0 saturated carbocycles. The van der Waals surface area contributed by atoms with Gasteiger partial charge in [-0.3, -0.25) is 4.98 Å². The van der Waals surface area contributed by atoms with Crippen LogP contribution >= 0.6 is 0 Å². The Labute approximate surface area is 190 Å². The Morgan fingerprint density at radius 3 is 2.16 bits per heavy atom. The first kappa shape index (κ1) is 21.3. The topological polar surface area (TPSA) is 22.1 Å². The van der Waals surface area contributed by atoms with Gasteiger partial charge in [-0.2, -0.15) is 0 Å². The number of methoxy groups -OCH3 is 1. The number of ether oxygens (including phenoxy) is 1. The molecule has 32 heavy (non-hydrogen) atoms. The molecular weight excluding hydrogens is 390 g/mol. The molecule has 0 saturated heterocycles. The Hall–Kier alpha value is -3.91. The number of hydrogen-bond acceptors (Lipinski definition) is 2. The highest BCUT2D eigenvalue weighted by atomic mass is 16.5. The van der Waals surface area contributed by atoms with Crippen LogP contribution in [0.15, 0.2) is 116 Å². The molecule has 0 amide bonds. The molecule has 4 aromatic rings. The van der Waals surface area contributed by atoms with Crippen LogP contribution in [0.4, 0.5) is 0 Å². The summed E-state index contributed by atoms with van der Waals surface area (Å²) in [6.45, 7) is 0. The fourth-order valence-electron chi connectivity index (χ4n) is 3.86. The van der Waals surface area contributed by atoms with Crippen molar-refractivity contribution in [2.24, 2.45) is 0 Å². The first-order valence-corrected chi connectivity index (χ1v) is 10.8. The average molecular weight is 418 g/mol. The Balaban J connectivity index is 1.64. The van der Waals surface area contributed by atoms with Crippen LogP contribution < -0.4 is 4.74 Å². The summed E-state index contributed by atoms with van der Waals surface area (Å²) in [6.07, 6.45) is 13.0. The van der Waals surface area contributed by atoms with E-state index >= 15 is 0 Å². The number of rotatable bonds is 8. The predicted molar refractivity (Wildman–Crippen MR) is 134 cm³/mol. The number of pyridine rings is 1. The highest BCUT2D eigenvalue weighted by molar-refractivity contribution is 5.62. The molecule has 1 aromatic heterocycles. The van der Waals surface area contributed by atoms with E-state index in [0.717, 1.165) is 17.7 Å². The summed E-state index contributed by atoms with van der Waals surface area (Å²) in [4.78, 5) is 4.17. The van der Waals surface area contributed by atoms with Crippen molar-refractivity contribution in [3.05, 3.63) is 143 Å². The highest BCUT2D eigenvalue weighted by Gasteiger charge is 2.16. The normalized spacial score (nSPS) is 12.3. The smallest absolute Gasteiger partial charge is 0.126 e. The number of allylic oxidation sites excluding steroid dienone is 2. The Bertz CT molecular complexity index is 1170. The molecule has 0 unspecified atom stereocenters. The van der Waals surface area contributed by atoms with E-state index in [1.807, 2.05) is 30.6 Å². The summed E-state index contributed by atoms with van der Waals surface area (Å²) in [5.41, 5.74) is 6.08. The first-order valence-electron chi connectivity index (χ1n) is 10.8. The second-order valence-corrected chi connectivity index (χ2v) is 7.65. The van der Waals surface area contributed by atoms with Crippen molar-refractivity contribution in [3.8, 4) is 5.75 Å². The zero-order chi connectivity index (χ0) is 22.0. The van der Waals surface area contributed by atoms with Gasteiger partial charge in [0, 0.05) is 23.9 Å². The largest absolute Gasteiger partial charge is 0.496 e. The molecule has 0 aliphatic carbocycles. The Morgan fingerprint density at radius 1 is 0.750 bits per heavy atom. The summed E-state index contributed by atoms with van der Waals surface area (Å²) in [5, 5.41) is 0. The van der Waals surface area contributed by atoms with Crippen LogP contribution in [0.25, 0.3) is 12.2 Å². The summed E-state index contributed by atoms with van der Waals surface area (Å²) in [7, 11) is 1.72. The maximum absolute atomic E-state index is 5.64. The van der Waals surface area contributed by atoms with Gasteiger partial charge in [0.25, 0.3) is 0 Å². The van der Waals surface area contributed by atoms with Gasteiger partial charge in [0.1, 0.15) is 5.75 Å². The monoisotopic (exact) mass is 417 g/mol. The van der Waals surface area contributed by atoms with E-state index in [1.165, 1.54) is 22.3 Å². The van der Waals surface area contributed by atoms with Crippen molar-refractivity contribution >= 4 is 12.2 Å². The lowest BCUT2D eigenvalue weighted by atomic mass is 9.85. The van der Waals surface area contributed by atoms with Crippen LogP contribution in [0.1, 0.15) is 33.7 Å². The molecule has 0 aliphatic rings. The Morgan fingerprint density at radius 2 is 1.44 bits per heavy atom. The van der Waals surface area contributed by atoms with Gasteiger partial charge in [-0.15, -0.1) is 0 Å². The SMILES string of the molecule is COc1ccc([C@H](Cc2ccncc2)c2ccccc2)cc1C=CC=Cc1ccccc1. The van der Waals surface area contributed by atoms with Crippen molar-refractivity contribution in [1.29, 1.82) is 0 Å². The molecule has 3 aromatic carbocycles. The van der Waals surface area contributed by atoms with Crippen molar-refractivity contribution in [1.82, 2.24) is 4.98 Å². The standard InChI is InChI=1S/C30H27NO/c1-32-30-17-16-27(23-28(30)15-9-8-12-24-10-4-2-5-11-24)29(26-13-6-3-7-14-26)22-25-18-20-31-21-19-25/h2-21,23,29H,22H2,1H3/t29-/m1/s1. The van der Waals surface area contributed by atoms with Crippen LogP contribution in [0.2, 0.25) is 0 Å². The fraction of sp³-hybridized carbons (Fsp3) is 0.100.